The first-order chi connectivity index (χ1) is 1.41. The second kappa shape index (κ2) is 19.7. The maximum atomic E-state index is 2.00. The van der Waals surface area contributed by atoms with Gasteiger partial charge in [-0.3, -0.25) is 0 Å². The molecule has 0 aliphatic carbocycles. The monoisotopic (exact) mass is 296 g/mol. The largest absolute Gasteiger partial charge is 2.00 e. The summed E-state index contributed by atoms with van der Waals surface area (Å²) in [5, 5.41) is 0. The molecule has 0 radical (unpaired) electrons. The van der Waals surface area contributed by atoms with Crippen molar-refractivity contribution >= 4 is 0 Å². The zero-order chi connectivity index (χ0) is 2.71. The minimum absolute atomic E-state index is 0. The molecule has 0 atom stereocenters. The first kappa shape index (κ1) is 16.6. The molecule has 0 spiro atoms. The van der Waals surface area contributed by atoms with Gasteiger partial charge in [-0.15, -0.1) is 0 Å². The fourth-order valence-electron chi connectivity index (χ4n) is 0. The third-order valence-corrected chi connectivity index (χ3v) is 0. The molecule has 0 heterocycles. The van der Waals surface area contributed by atoms with Gasteiger partial charge in [-0.05, 0) is 0 Å². The summed E-state index contributed by atoms with van der Waals surface area (Å²) in [6, 6.07) is 0. The standard InChI is InChI=1S/C3H7.CH3.U/c1-3-2;;/h3H,1-2H3;1H3;/q2*-1;+2. The average Bonchev–Trinajstić information content (AvgIpc) is 0.918. The van der Waals surface area contributed by atoms with Crippen molar-refractivity contribution in [1.82, 2.24) is 0 Å². The van der Waals surface area contributed by atoms with Gasteiger partial charge in [0.15, 0.2) is 0 Å². The predicted octanol–water partition coefficient (Wildman–Crippen LogP) is 1.68. The van der Waals surface area contributed by atoms with Crippen molar-refractivity contribution in [3.8, 4) is 0 Å². The molecule has 0 aromatic heterocycles. The molecule has 0 saturated carbocycles. The minimum Gasteiger partial charge on any atom is -0.358 e. The second-order valence-electron chi connectivity index (χ2n) is 0.577. The van der Waals surface area contributed by atoms with Gasteiger partial charge < -0.3 is 13.8 Å². The van der Waals surface area contributed by atoms with Crippen molar-refractivity contribution in [2.75, 3.05) is 0 Å². The van der Waals surface area contributed by atoms with Gasteiger partial charge in [0.05, 0.1) is 0 Å². The summed E-state index contributed by atoms with van der Waals surface area (Å²) in [5.41, 5.74) is 0. The number of hydrogen-bond donors (Lipinski definition) is 0. The van der Waals surface area contributed by atoms with Crippen LogP contribution in [0, 0.1) is 45.0 Å². The van der Waals surface area contributed by atoms with Gasteiger partial charge in [0.25, 0.3) is 0 Å². The quantitative estimate of drug-likeness (QED) is 0.597. The Bertz CT molecular complexity index is 3.61. The van der Waals surface area contributed by atoms with Gasteiger partial charge in [-0.1, -0.05) is 0 Å². The molecule has 30 valence electrons. The Balaban J connectivity index is -0.0000000200. The van der Waals surface area contributed by atoms with E-state index in [0.717, 1.165) is 0 Å². The van der Waals surface area contributed by atoms with E-state index in [1.165, 1.54) is 0 Å². The van der Waals surface area contributed by atoms with Crippen molar-refractivity contribution in [3.05, 3.63) is 13.8 Å². The van der Waals surface area contributed by atoms with Crippen LogP contribution in [0.3, 0.4) is 0 Å². The topological polar surface area (TPSA) is 0 Å². The van der Waals surface area contributed by atoms with Crippen LogP contribution < -0.4 is 0 Å². The Morgan fingerprint density at radius 3 is 1.20 bits per heavy atom. The molecular formula is C4H10U. The molecule has 0 aliphatic rings. The molecule has 0 rings (SSSR count). The van der Waals surface area contributed by atoms with E-state index in [-0.39, 0.29) is 38.5 Å². The first-order valence-corrected chi connectivity index (χ1v) is 1.15. The van der Waals surface area contributed by atoms with Crippen molar-refractivity contribution in [1.29, 1.82) is 0 Å². The van der Waals surface area contributed by atoms with E-state index in [1.807, 2.05) is 20.3 Å². The minimum atomic E-state index is 0. The van der Waals surface area contributed by atoms with E-state index in [9.17, 15) is 0 Å². The van der Waals surface area contributed by atoms with Gasteiger partial charge in [-0.25, -0.2) is 0 Å². The van der Waals surface area contributed by atoms with E-state index in [1.54, 1.807) is 0 Å². The van der Waals surface area contributed by atoms with E-state index in [4.69, 9.17) is 0 Å². The summed E-state index contributed by atoms with van der Waals surface area (Å²) in [5.74, 6) is 0. The molecule has 1 heteroatoms. The van der Waals surface area contributed by atoms with E-state index in [0.29, 0.717) is 0 Å². The molecule has 0 aromatic carbocycles. The number of hydrogen-bond acceptors (Lipinski definition) is 0. The number of rotatable bonds is 0. The Hall–Kier alpha value is 1.05. The molecule has 0 aromatic rings. The van der Waals surface area contributed by atoms with Crippen LogP contribution in [0.25, 0.3) is 0 Å². The summed E-state index contributed by atoms with van der Waals surface area (Å²) >= 11 is 0. The van der Waals surface area contributed by atoms with Crippen LogP contribution in [0.5, 0.6) is 0 Å². The van der Waals surface area contributed by atoms with Crippen LogP contribution in [-0.2, 0) is 0 Å². The van der Waals surface area contributed by atoms with E-state index < -0.39 is 0 Å². The third-order valence-electron chi connectivity index (χ3n) is 0. The fraction of sp³-hybridized carbons (Fsp3) is 0.500. The molecule has 0 bridgehead atoms. The summed E-state index contributed by atoms with van der Waals surface area (Å²) < 4.78 is 0. The van der Waals surface area contributed by atoms with Crippen molar-refractivity contribution in [3.63, 3.8) is 0 Å². The van der Waals surface area contributed by atoms with Crippen LogP contribution >= 0.6 is 0 Å². The van der Waals surface area contributed by atoms with Crippen LogP contribution in [-0.4, -0.2) is 0 Å². The van der Waals surface area contributed by atoms with Crippen LogP contribution in [0.15, 0.2) is 0 Å². The van der Waals surface area contributed by atoms with E-state index in [2.05, 4.69) is 0 Å². The zero-order valence-corrected chi connectivity index (χ0v) is 8.24. The first-order valence-electron chi connectivity index (χ1n) is 1.15. The third kappa shape index (κ3) is 42.5. The Labute approximate surface area is 58.7 Å². The molecule has 0 aliphatic heterocycles. The van der Waals surface area contributed by atoms with E-state index >= 15 is 0 Å². The molecule has 0 unspecified atom stereocenters. The molecule has 0 N–H and O–H groups in total. The normalized spacial score (nSPS) is 3.60. The molecule has 5 heavy (non-hydrogen) atoms. The summed E-state index contributed by atoms with van der Waals surface area (Å²) in [6.45, 7) is 4.00. The maximum Gasteiger partial charge on any atom is 2.00 e. The zero-order valence-electron chi connectivity index (χ0n) is 4.08. The molecular weight excluding hydrogens is 286 g/mol. The van der Waals surface area contributed by atoms with Crippen LogP contribution in [0.4, 0.5) is 0 Å². The summed E-state index contributed by atoms with van der Waals surface area (Å²) in [7, 11) is 0. The van der Waals surface area contributed by atoms with Gasteiger partial charge in [0, 0.05) is 0 Å². The Kier molecular flexibility index (Phi) is 65.3. The summed E-state index contributed by atoms with van der Waals surface area (Å²) in [6.07, 6.45) is 2.00. The van der Waals surface area contributed by atoms with Crippen molar-refractivity contribution in [2.24, 2.45) is 0 Å². The van der Waals surface area contributed by atoms with Crippen LogP contribution in [0.2, 0.25) is 0 Å². The van der Waals surface area contributed by atoms with Crippen molar-refractivity contribution in [2.45, 2.75) is 13.8 Å². The second-order valence-corrected chi connectivity index (χ2v) is 0.577. The molecule has 0 amide bonds. The molecule has 0 nitrogen and oxygen atoms in total. The summed E-state index contributed by atoms with van der Waals surface area (Å²) in [4.78, 5) is 0. The van der Waals surface area contributed by atoms with Gasteiger partial charge in [-0.2, -0.15) is 13.8 Å². The Morgan fingerprint density at radius 1 is 1.20 bits per heavy atom. The average molecular weight is 296 g/mol. The van der Waals surface area contributed by atoms with Crippen LogP contribution in [0.1, 0.15) is 13.8 Å². The van der Waals surface area contributed by atoms with Crippen molar-refractivity contribution < 1.29 is 31.1 Å². The smallest absolute Gasteiger partial charge is 0.358 e. The maximum absolute atomic E-state index is 2.00. The predicted molar refractivity (Wildman–Crippen MR) is 22.1 cm³/mol. The van der Waals surface area contributed by atoms with Gasteiger partial charge in [0.1, 0.15) is 0 Å². The Morgan fingerprint density at radius 2 is 1.20 bits per heavy atom. The molecule has 0 saturated heterocycles. The SMILES string of the molecule is C[CH-]C.[CH3-].[U+2]. The molecule has 0 fully saturated rings. The fourth-order valence-corrected chi connectivity index (χ4v) is 0. The van der Waals surface area contributed by atoms with Gasteiger partial charge in [0.2, 0.25) is 0 Å². The van der Waals surface area contributed by atoms with Gasteiger partial charge >= 0.3 is 31.1 Å².